The number of esters is 1. The summed E-state index contributed by atoms with van der Waals surface area (Å²) in [6.45, 7) is 1.41. The number of amides is 1. The molecule has 0 saturated carbocycles. The predicted molar refractivity (Wildman–Crippen MR) is 104 cm³/mol. The minimum atomic E-state index is -0.924. The van der Waals surface area contributed by atoms with Gasteiger partial charge >= 0.3 is 5.97 Å². The van der Waals surface area contributed by atoms with E-state index in [0.717, 1.165) is 18.4 Å². The second-order valence-electron chi connectivity index (χ2n) is 6.68. The predicted octanol–water partition coefficient (Wildman–Crippen LogP) is 3.15. The minimum absolute atomic E-state index is 0.0387. The van der Waals surface area contributed by atoms with E-state index >= 15 is 0 Å². The first kappa shape index (κ1) is 19.7. The average molecular weight is 383 g/mol. The quantitative estimate of drug-likeness (QED) is 0.687. The lowest BCUT2D eigenvalue weighted by molar-refractivity contribution is -0.160. The smallest absolute Gasteiger partial charge is 0.311 e. The van der Waals surface area contributed by atoms with Gasteiger partial charge in [-0.25, -0.2) is 0 Å². The van der Waals surface area contributed by atoms with Gasteiger partial charge in [-0.3, -0.25) is 9.59 Å². The van der Waals surface area contributed by atoms with Crippen molar-refractivity contribution < 1.29 is 23.8 Å². The van der Waals surface area contributed by atoms with Gasteiger partial charge in [-0.1, -0.05) is 36.4 Å². The molecule has 2 aromatic rings. The second kappa shape index (κ2) is 9.26. The molecular formula is C22H25NO5. The summed E-state index contributed by atoms with van der Waals surface area (Å²) in [5.41, 5.74) is 1.41. The van der Waals surface area contributed by atoms with Gasteiger partial charge in [0.25, 0.3) is 5.91 Å². The lowest BCUT2D eigenvalue weighted by Crippen LogP contribution is -2.35. The first-order valence-corrected chi connectivity index (χ1v) is 9.36. The molecule has 0 bridgehead atoms. The van der Waals surface area contributed by atoms with Crippen LogP contribution in [0.25, 0.3) is 0 Å². The average Bonchev–Trinajstić information content (AvgIpc) is 3.27. The number of benzene rings is 2. The summed E-state index contributed by atoms with van der Waals surface area (Å²) in [5, 5.41) is 0. The molecule has 6 nitrogen and oxygen atoms in total. The number of likely N-dealkylation sites (tertiary alicyclic amines) is 1. The minimum Gasteiger partial charge on any atom is -0.493 e. The molecular weight excluding hydrogens is 358 g/mol. The number of ether oxygens (including phenoxy) is 3. The molecule has 1 saturated heterocycles. The van der Waals surface area contributed by atoms with Crippen molar-refractivity contribution >= 4 is 11.9 Å². The molecule has 0 N–H and O–H groups in total. The highest BCUT2D eigenvalue weighted by Crippen LogP contribution is 2.28. The van der Waals surface area contributed by atoms with E-state index in [1.165, 1.54) is 0 Å². The fraction of sp³-hybridized carbons (Fsp3) is 0.364. The number of methoxy groups -OCH3 is 2. The van der Waals surface area contributed by atoms with Gasteiger partial charge in [0.1, 0.15) is 0 Å². The van der Waals surface area contributed by atoms with Gasteiger partial charge in [-0.05, 0) is 30.5 Å². The third-order valence-electron chi connectivity index (χ3n) is 4.79. The van der Waals surface area contributed by atoms with E-state index in [-0.39, 0.29) is 12.3 Å². The fourth-order valence-corrected chi connectivity index (χ4v) is 3.32. The van der Waals surface area contributed by atoms with Crippen molar-refractivity contribution in [1.82, 2.24) is 4.90 Å². The van der Waals surface area contributed by atoms with Gasteiger partial charge in [-0.2, -0.15) is 0 Å². The molecule has 28 heavy (non-hydrogen) atoms. The Balaban J connectivity index is 1.75. The molecule has 6 heteroatoms. The van der Waals surface area contributed by atoms with E-state index in [1.54, 1.807) is 37.3 Å². The first-order valence-electron chi connectivity index (χ1n) is 9.36. The SMILES string of the molecule is COc1ccc(CC(=O)O[C@H](C(=O)N2CCCC2)c2ccccc2)cc1OC. The van der Waals surface area contributed by atoms with Crippen LogP contribution in [0.15, 0.2) is 48.5 Å². The monoisotopic (exact) mass is 383 g/mol. The Kier molecular flexibility index (Phi) is 6.53. The maximum Gasteiger partial charge on any atom is 0.311 e. The summed E-state index contributed by atoms with van der Waals surface area (Å²) in [5.74, 6) is 0.504. The zero-order chi connectivity index (χ0) is 19.9. The normalized spacial score (nSPS) is 14.4. The Bertz CT molecular complexity index is 815. The lowest BCUT2D eigenvalue weighted by atomic mass is 10.1. The van der Waals surface area contributed by atoms with Gasteiger partial charge < -0.3 is 19.1 Å². The molecule has 3 rings (SSSR count). The van der Waals surface area contributed by atoms with Gasteiger partial charge in [0, 0.05) is 18.7 Å². The van der Waals surface area contributed by atoms with Crippen LogP contribution >= 0.6 is 0 Å². The zero-order valence-electron chi connectivity index (χ0n) is 16.2. The van der Waals surface area contributed by atoms with E-state index < -0.39 is 12.1 Å². The Morgan fingerprint density at radius 1 is 0.964 bits per heavy atom. The van der Waals surface area contributed by atoms with Crippen LogP contribution in [0, 0.1) is 0 Å². The highest BCUT2D eigenvalue weighted by atomic mass is 16.5. The first-order chi connectivity index (χ1) is 13.6. The van der Waals surface area contributed by atoms with Crippen molar-refractivity contribution in [1.29, 1.82) is 0 Å². The summed E-state index contributed by atoms with van der Waals surface area (Å²) in [6, 6.07) is 14.4. The van der Waals surface area contributed by atoms with Crippen molar-refractivity contribution in [3.63, 3.8) is 0 Å². The van der Waals surface area contributed by atoms with Crippen LogP contribution in [0.5, 0.6) is 11.5 Å². The lowest BCUT2D eigenvalue weighted by Gasteiger charge is -2.23. The maximum absolute atomic E-state index is 12.9. The fourth-order valence-electron chi connectivity index (χ4n) is 3.32. The Hall–Kier alpha value is -3.02. The third kappa shape index (κ3) is 4.63. The Morgan fingerprint density at radius 2 is 1.64 bits per heavy atom. The van der Waals surface area contributed by atoms with Crippen molar-refractivity contribution in [3.8, 4) is 11.5 Å². The summed E-state index contributed by atoms with van der Waals surface area (Å²) in [7, 11) is 3.10. The number of carbonyl (C=O) groups excluding carboxylic acids is 2. The Labute approximate surface area is 165 Å². The van der Waals surface area contributed by atoms with E-state index in [0.29, 0.717) is 30.2 Å². The number of carbonyl (C=O) groups is 2. The van der Waals surface area contributed by atoms with Gasteiger partial charge in [0.2, 0.25) is 6.10 Å². The highest BCUT2D eigenvalue weighted by molar-refractivity contribution is 5.85. The molecule has 1 atom stereocenters. The van der Waals surface area contributed by atoms with Gasteiger partial charge in [0.05, 0.1) is 20.6 Å². The summed E-state index contributed by atoms with van der Waals surface area (Å²) in [6.07, 6.45) is 1.07. The van der Waals surface area contributed by atoms with Crippen molar-refractivity contribution in [2.24, 2.45) is 0 Å². The summed E-state index contributed by atoms with van der Waals surface area (Å²) < 4.78 is 16.1. The molecule has 0 aliphatic carbocycles. The second-order valence-corrected chi connectivity index (χ2v) is 6.68. The highest BCUT2D eigenvalue weighted by Gasteiger charge is 2.30. The molecule has 0 aromatic heterocycles. The molecule has 0 spiro atoms. The van der Waals surface area contributed by atoms with Crippen LogP contribution in [0.2, 0.25) is 0 Å². The largest absolute Gasteiger partial charge is 0.493 e. The standard InChI is InChI=1S/C22H25NO5/c1-26-18-11-10-16(14-19(18)27-2)15-20(24)28-21(17-8-4-3-5-9-17)22(25)23-12-6-7-13-23/h3-5,8-11,14,21H,6-7,12-13,15H2,1-2H3/t21-/m0/s1. The van der Waals surface area contributed by atoms with Gasteiger partial charge in [0.15, 0.2) is 11.5 Å². The van der Waals surface area contributed by atoms with E-state index in [4.69, 9.17) is 14.2 Å². The van der Waals surface area contributed by atoms with Crippen LogP contribution in [-0.2, 0) is 20.7 Å². The summed E-state index contributed by atoms with van der Waals surface area (Å²) >= 11 is 0. The van der Waals surface area contributed by atoms with Gasteiger partial charge in [-0.15, -0.1) is 0 Å². The number of nitrogens with zero attached hydrogens (tertiary/aromatic N) is 1. The van der Waals surface area contributed by atoms with Crippen molar-refractivity contribution in [3.05, 3.63) is 59.7 Å². The van der Waals surface area contributed by atoms with Crippen LogP contribution < -0.4 is 9.47 Å². The molecule has 0 radical (unpaired) electrons. The molecule has 2 aromatic carbocycles. The Morgan fingerprint density at radius 3 is 2.29 bits per heavy atom. The molecule has 1 aliphatic heterocycles. The molecule has 1 amide bonds. The molecule has 148 valence electrons. The number of hydrogen-bond acceptors (Lipinski definition) is 5. The summed E-state index contributed by atoms with van der Waals surface area (Å²) in [4.78, 5) is 27.3. The molecule has 0 unspecified atom stereocenters. The van der Waals surface area contributed by atoms with Crippen LogP contribution in [0.4, 0.5) is 0 Å². The van der Waals surface area contributed by atoms with E-state index in [2.05, 4.69) is 0 Å². The van der Waals surface area contributed by atoms with Crippen molar-refractivity contribution in [2.45, 2.75) is 25.4 Å². The van der Waals surface area contributed by atoms with Crippen LogP contribution in [0.1, 0.15) is 30.1 Å². The number of hydrogen-bond donors (Lipinski definition) is 0. The van der Waals surface area contributed by atoms with E-state index in [1.807, 2.05) is 30.3 Å². The van der Waals surface area contributed by atoms with E-state index in [9.17, 15) is 9.59 Å². The maximum atomic E-state index is 12.9. The van der Waals surface area contributed by atoms with Crippen molar-refractivity contribution in [2.75, 3.05) is 27.3 Å². The molecule has 1 aliphatic rings. The zero-order valence-corrected chi connectivity index (χ0v) is 16.2. The topological polar surface area (TPSA) is 65.1 Å². The molecule has 1 fully saturated rings. The third-order valence-corrected chi connectivity index (χ3v) is 4.79. The van der Waals surface area contributed by atoms with Crippen LogP contribution in [0.3, 0.4) is 0 Å². The number of rotatable bonds is 7. The van der Waals surface area contributed by atoms with Crippen LogP contribution in [-0.4, -0.2) is 44.1 Å². The molecule has 1 heterocycles.